The van der Waals surface area contributed by atoms with Crippen molar-refractivity contribution in [1.82, 2.24) is 15.0 Å². The minimum atomic E-state index is -0.165. The van der Waals surface area contributed by atoms with Gasteiger partial charge >= 0.3 is 0 Å². The van der Waals surface area contributed by atoms with E-state index in [2.05, 4.69) is 10.1 Å². The predicted molar refractivity (Wildman–Crippen MR) is 123 cm³/mol. The van der Waals surface area contributed by atoms with Gasteiger partial charge in [-0.25, -0.2) is 0 Å². The third-order valence-electron chi connectivity index (χ3n) is 6.86. The lowest BCUT2D eigenvalue weighted by Gasteiger charge is -2.46. The Balaban J connectivity index is 1.18. The van der Waals surface area contributed by atoms with Crippen molar-refractivity contribution in [3.8, 4) is 17.1 Å². The number of hydrogen-bond donors (Lipinski definition) is 0. The van der Waals surface area contributed by atoms with E-state index in [1.54, 1.807) is 7.11 Å². The molecule has 172 valence electrons. The molecule has 1 aromatic heterocycles. The molecule has 0 saturated carbocycles. The van der Waals surface area contributed by atoms with Crippen LogP contribution in [0.25, 0.3) is 11.4 Å². The first-order valence-electron chi connectivity index (χ1n) is 11.6. The fourth-order valence-corrected chi connectivity index (χ4v) is 4.97. The zero-order chi connectivity index (χ0) is 22.7. The average Bonchev–Trinajstić information content (AvgIpc) is 3.33. The number of piperidine rings is 1. The maximum Gasteiger partial charge on any atom is 0.253 e. The van der Waals surface area contributed by atoms with Crippen molar-refractivity contribution in [3.63, 3.8) is 0 Å². The third-order valence-corrected chi connectivity index (χ3v) is 6.86. The van der Waals surface area contributed by atoms with Crippen molar-refractivity contribution in [3.05, 3.63) is 66.1 Å². The van der Waals surface area contributed by atoms with E-state index < -0.39 is 0 Å². The number of nitrogens with zero attached hydrogens (tertiary/aromatic N) is 3. The van der Waals surface area contributed by atoms with Crippen LogP contribution in [-0.4, -0.2) is 53.4 Å². The number of amides is 1. The maximum atomic E-state index is 12.9. The summed E-state index contributed by atoms with van der Waals surface area (Å²) in [4.78, 5) is 19.5. The van der Waals surface area contributed by atoms with E-state index >= 15 is 0 Å². The summed E-state index contributed by atoms with van der Waals surface area (Å²) in [5.74, 6) is 2.58. The van der Waals surface area contributed by atoms with Crippen LogP contribution in [0.15, 0.2) is 59.1 Å². The maximum absolute atomic E-state index is 12.9. The number of methoxy groups -OCH3 is 1. The van der Waals surface area contributed by atoms with Crippen LogP contribution in [0.2, 0.25) is 0 Å². The number of carbonyl (C=O) groups is 1. The highest BCUT2D eigenvalue weighted by Gasteiger charge is 2.41. The number of likely N-dealkylation sites (tertiary alicyclic amines) is 1. The van der Waals surface area contributed by atoms with Gasteiger partial charge in [0.1, 0.15) is 5.75 Å². The van der Waals surface area contributed by atoms with Crippen LogP contribution in [0.3, 0.4) is 0 Å². The molecule has 7 heteroatoms. The van der Waals surface area contributed by atoms with Crippen LogP contribution < -0.4 is 4.74 Å². The molecule has 1 amide bonds. The van der Waals surface area contributed by atoms with Gasteiger partial charge in [-0.3, -0.25) is 4.79 Å². The van der Waals surface area contributed by atoms with Gasteiger partial charge in [0.2, 0.25) is 11.7 Å². The second-order valence-electron chi connectivity index (χ2n) is 8.99. The first kappa shape index (κ1) is 21.6. The molecular weight excluding hydrogens is 418 g/mol. The quantitative estimate of drug-likeness (QED) is 0.577. The standard InChI is InChI=1S/C26H29N3O4/c1-31-22-9-7-21(8-10-22)25(30)29-14-12-26(13-15-29)18-19(11-16-32-26)17-23-27-24(28-33-23)20-5-3-2-4-6-20/h2-10,19H,11-18H2,1H3. The van der Waals surface area contributed by atoms with Crippen molar-refractivity contribution in [2.75, 3.05) is 26.8 Å². The van der Waals surface area contributed by atoms with Gasteiger partial charge in [-0.15, -0.1) is 0 Å². The van der Waals surface area contributed by atoms with E-state index in [0.29, 0.717) is 36.3 Å². The average molecular weight is 448 g/mol. The van der Waals surface area contributed by atoms with Crippen LogP contribution in [-0.2, 0) is 11.2 Å². The summed E-state index contributed by atoms with van der Waals surface area (Å²) in [5, 5.41) is 4.16. The number of rotatable bonds is 5. The topological polar surface area (TPSA) is 77.7 Å². The van der Waals surface area contributed by atoms with E-state index in [9.17, 15) is 4.79 Å². The van der Waals surface area contributed by atoms with Gasteiger partial charge in [0.05, 0.1) is 12.7 Å². The van der Waals surface area contributed by atoms with Crippen molar-refractivity contribution in [2.45, 2.75) is 37.7 Å². The van der Waals surface area contributed by atoms with Gasteiger partial charge in [-0.05, 0) is 55.9 Å². The van der Waals surface area contributed by atoms with Crippen LogP contribution in [0.1, 0.15) is 41.9 Å². The highest BCUT2D eigenvalue weighted by molar-refractivity contribution is 5.94. The Morgan fingerprint density at radius 2 is 1.88 bits per heavy atom. The number of aromatic nitrogens is 2. The van der Waals surface area contributed by atoms with Crippen LogP contribution >= 0.6 is 0 Å². The summed E-state index contributed by atoms with van der Waals surface area (Å²) in [6.45, 7) is 2.14. The monoisotopic (exact) mass is 447 g/mol. The van der Waals surface area contributed by atoms with Gasteiger partial charge in [0.15, 0.2) is 0 Å². The van der Waals surface area contributed by atoms with E-state index in [1.165, 1.54) is 0 Å². The van der Waals surface area contributed by atoms with Crippen LogP contribution in [0.4, 0.5) is 0 Å². The molecule has 5 rings (SSSR count). The summed E-state index contributed by atoms with van der Waals surface area (Å²) in [5.41, 5.74) is 1.49. The fraction of sp³-hybridized carbons (Fsp3) is 0.423. The second kappa shape index (κ2) is 9.35. The summed E-state index contributed by atoms with van der Waals surface area (Å²) in [6, 6.07) is 17.2. The van der Waals surface area contributed by atoms with Gasteiger partial charge < -0.3 is 18.9 Å². The molecule has 3 aromatic rings. The van der Waals surface area contributed by atoms with Gasteiger partial charge in [-0.2, -0.15) is 4.98 Å². The highest BCUT2D eigenvalue weighted by atomic mass is 16.5. The predicted octanol–water partition coefficient (Wildman–Crippen LogP) is 4.39. The second-order valence-corrected chi connectivity index (χ2v) is 8.99. The van der Waals surface area contributed by atoms with Crippen LogP contribution in [0.5, 0.6) is 5.75 Å². The molecule has 3 heterocycles. The van der Waals surface area contributed by atoms with Crippen molar-refractivity contribution in [2.24, 2.45) is 5.92 Å². The smallest absolute Gasteiger partial charge is 0.253 e. The summed E-state index contributed by atoms with van der Waals surface area (Å²) in [6.07, 6.45) is 4.41. The molecule has 2 aliphatic heterocycles. The largest absolute Gasteiger partial charge is 0.497 e. The lowest BCUT2D eigenvalue weighted by Crippen LogP contribution is -2.51. The zero-order valence-electron chi connectivity index (χ0n) is 18.9. The lowest BCUT2D eigenvalue weighted by molar-refractivity contribution is -0.124. The van der Waals surface area contributed by atoms with E-state index in [-0.39, 0.29) is 11.5 Å². The minimum absolute atomic E-state index is 0.0687. The highest BCUT2D eigenvalue weighted by Crippen LogP contribution is 2.39. The molecular formula is C26H29N3O4. The summed E-state index contributed by atoms with van der Waals surface area (Å²) in [7, 11) is 1.62. The van der Waals surface area contributed by atoms with Gasteiger partial charge in [0, 0.05) is 37.2 Å². The Morgan fingerprint density at radius 3 is 2.61 bits per heavy atom. The fourth-order valence-electron chi connectivity index (χ4n) is 4.97. The molecule has 0 radical (unpaired) electrons. The van der Waals surface area contributed by atoms with E-state index in [4.69, 9.17) is 14.0 Å². The Kier molecular flexibility index (Phi) is 6.13. The first-order valence-corrected chi connectivity index (χ1v) is 11.6. The van der Waals surface area contributed by atoms with Crippen LogP contribution in [0, 0.1) is 5.92 Å². The molecule has 0 bridgehead atoms. The molecule has 33 heavy (non-hydrogen) atoms. The Hall–Kier alpha value is -3.19. The molecule has 0 N–H and O–H groups in total. The Labute approximate surface area is 193 Å². The van der Waals surface area contributed by atoms with Gasteiger partial charge in [0.25, 0.3) is 5.91 Å². The van der Waals surface area contributed by atoms with Gasteiger partial charge in [-0.1, -0.05) is 35.5 Å². The number of benzene rings is 2. The third kappa shape index (κ3) is 4.78. The van der Waals surface area contributed by atoms with Crippen molar-refractivity contribution in [1.29, 1.82) is 0 Å². The molecule has 2 saturated heterocycles. The molecule has 2 aromatic carbocycles. The molecule has 2 aliphatic rings. The number of ether oxygens (including phenoxy) is 2. The summed E-state index contributed by atoms with van der Waals surface area (Å²) >= 11 is 0. The first-order chi connectivity index (χ1) is 16.1. The molecule has 0 aliphatic carbocycles. The van der Waals surface area contributed by atoms with Crippen molar-refractivity contribution < 1.29 is 18.8 Å². The molecule has 1 spiro atoms. The zero-order valence-corrected chi connectivity index (χ0v) is 18.9. The number of carbonyl (C=O) groups excluding carboxylic acids is 1. The molecule has 2 fully saturated rings. The molecule has 7 nitrogen and oxygen atoms in total. The SMILES string of the molecule is COc1ccc(C(=O)N2CCC3(CC2)CC(Cc2nc(-c4ccccc4)no2)CCO3)cc1. The molecule has 1 unspecified atom stereocenters. The number of hydrogen-bond acceptors (Lipinski definition) is 6. The Morgan fingerprint density at radius 1 is 1.12 bits per heavy atom. The van der Waals surface area contributed by atoms with Crippen molar-refractivity contribution >= 4 is 5.91 Å². The normalized spacial score (nSPS) is 20.0. The van der Waals surface area contributed by atoms with E-state index in [0.717, 1.165) is 50.0 Å². The lowest BCUT2D eigenvalue weighted by atomic mass is 9.78. The van der Waals surface area contributed by atoms with E-state index in [1.807, 2.05) is 59.5 Å². The minimum Gasteiger partial charge on any atom is -0.497 e. The molecule has 1 atom stereocenters. The Bertz CT molecular complexity index is 1070. The summed E-state index contributed by atoms with van der Waals surface area (Å²) < 4.78 is 17.0.